The summed E-state index contributed by atoms with van der Waals surface area (Å²) in [4.78, 5) is 25.8. The number of hydrogen-bond acceptors (Lipinski definition) is 4. The fourth-order valence-electron chi connectivity index (χ4n) is 4.85. The first-order valence-electron chi connectivity index (χ1n) is 10.3. The van der Waals surface area contributed by atoms with Gasteiger partial charge in [0.05, 0.1) is 31.0 Å². The number of rotatable bonds is 5. The van der Waals surface area contributed by atoms with Crippen LogP contribution in [0.4, 0.5) is 10.5 Å². The summed E-state index contributed by atoms with van der Waals surface area (Å²) in [6, 6.07) is 11.8. The third kappa shape index (κ3) is 4.62. The maximum atomic E-state index is 12.5. The number of ether oxygens (including phenoxy) is 1. The summed E-state index contributed by atoms with van der Waals surface area (Å²) < 4.78 is 10.3. The first kappa shape index (κ1) is 19.5. The van der Waals surface area contributed by atoms with Crippen molar-refractivity contribution < 1.29 is 23.6 Å². The third-order valence-electron chi connectivity index (χ3n) is 6.13. The molecular formula is C22H28N3O4+. The van der Waals surface area contributed by atoms with Crippen molar-refractivity contribution in [1.82, 2.24) is 5.32 Å². The molecule has 2 aliphatic heterocycles. The van der Waals surface area contributed by atoms with Crippen molar-refractivity contribution in [2.24, 2.45) is 0 Å². The first-order chi connectivity index (χ1) is 14.1. The van der Waals surface area contributed by atoms with Crippen LogP contribution < -0.4 is 15.5 Å². The van der Waals surface area contributed by atoms with Crippen LogP contribution in [0, 0.1) is 0 Å². The number of methoxy groups -OCH3 is 1. The van der Waals surface area contributed by atoms with Crippen molar-refractivity contribution in [3.8, 4) is 0 Å². The van der Waals surface area contributed by atoms with Gasteiger partial charge in [-0.1, -0.05) is 6.07 Å². The van der Waals surface area contributed by atoms with Crippen molar-refractivity contribution in [3.05, 3.63) is 54.0 Å². The predicted octanol–water partition coefficient (Wildman–Crippen LogP) is 2.36. The lowest BCUT2D eigenvalue weighted by Crippen LogP contribution is -3.20. The summed E-state index contributed by atoms with van der Waals surface area (Å²) in [7, 11) is 1.34. The van der Waals surface area contributed by atoms with Crippen LogP contribution in [0.3, 0.4) is 0 Å². The first-order valence-corrected chi connectivity index (χ1v) is 10.3. The zero-order chi connectivity index (χ0) is 20.2. The maximum Gasteiger partial charge on any atom is 0.337 e. The van der Waals surface area contributed by atoms with Gasteiger partial charge in [-0.05, 0) is 49.6 Å². The number of nitrogens with one attached hydrogen (secondary N) is 3. The van der Waals surface area contributed by atoms with Crippen LogP contribution in [-0.2, 0) is 11.3 Å². The number of piperidine rings is 2. The van der Waals surface area contributed by atoms with E-state index < -0.39 is 5.97 Å². The van der Waals surface area contributed by atoms with Crippen molar-refractivity contribution in [2.75, 3.05) is 12.4 Å². The highest BCUT2D eigenvalue weighted by Gasteiger charge is 2.42. The Morgan fingerprint density at radius 2 is 1.97 bits per heavy atom. The number of fused-ring (bicyclic) bond motifs is 2. The van der Waals surface area contributed by atoms with E-state index in [4.69, 9.17) is 9.15 Å². The number of carbonyl (C=O) groups is 2. The summed E-state index contributed by atoms with van der Waals surface area (Å²) in [5.74, 6) is 0.611. The van der Waals surface area contributed by atoms with E-state index in [9.17, 15) is 9.59 Å². The molecule has 0 spiro atoms. The lowest BCUT2D eigenvalue weighted by atomic mass is 9.81. The quantitative estimate of drug-likeness (QED) is 0.675. The van der Waals surface area contributed by atoms with Crippen LogP contribution in [0.5, 0.6) is 0 Å². The number of anilines is 1. The number of urea groups is 1. The van der Waals surface area contributed by atoms with E-state index in [0.717, 1.165) is 25.1 Å². The van der Waals surface area contributed by atoms with Crippen molar-refractivity contribution >= 4 is 17.7 Å². The van der Waals surface area contributed by atoms with Gasteiger partial charge in [-0.15, -0.1) is 0 Å². The van der Waals surface area contributed by atoms with Gasteiger partial charge in [-0.25, -0.2) is 9.59 Å². The Kier molecular flexibility index (Phi) is 5.85. The molecule has 1 aromatic carbocycles. The van der Waals surface area contributed by atoms with Gasteiger partial charge in [-0.3, -0.25) is 0 Å². The Balaban J connectivity index is 1.34. The molecule has 0 aliphatic carbocycles. The highest BCUT2D eigenvalue weighted by Crippen LogP contribution is 2.23. The molecule has 7 nitrogen and oxygen atoms in total. The molecule has 3 heterocycles. The highest BCUT2D eigenvalue weighted by atomic mass is 16.5. The molecule has 2 fully saturated rings. The minimum Gasteiger partial charge on any atom is -0.465 e. The molecule has 29 heavy (non-hydrogen) atoms. The van der Waals surface area contributed by atoms with Crippen LogP contribution in [0.25, 0.3) is 0 Å². The molecule has 0 radical (unpaired) electrons. The molecule has 3 N–H and O–H groups in total. The molecular weight excluding hydrogens is 370 g/mol. The Morgan fingerprint density at radius 1 is 1.17 bits per heavy atom. The van der Waals surface area contributed by atoms with E-state index in [1.165, 1.54) is 26.4 Å². The van der Waals surface area contributed by atoms with Crippen LogP contribution in [0.2, 0.25) is 0 Å². The second-order valence-corrected chi connectivity index (χ2v) is 7.99. The minimum absolute atomic E-state index is 0.162. The van der Waals surface area contributed by atoms with Gasteiger partial charge in [0, 0.05) is 24.6 Å². The molecule has 4 rings (SSSR count). The van der Waals surface area contributed by atoms with Gasteiger partial charge in [0.2, 0.25) is 0 Å². The zero-order valence-corrected chi connectivity index (χ0v) is 16.6. The number of furan rings is 1. The van der Waals surface area contributed by atoms with E-state index in [-0.39, 0.29) is 12.1 Å². The molecule has 2 aliphatic rings. The predicted molar refractivity (Wildman–Crippen MR) is 108 cm³/mol. The van der Waals surface area contributed by atoms with E-state index in [0.29, 0.717) is 23.3 Å². The Bertz CT molecular complexity index is 838. The van der Waals surface area contributed by atoms with E-state index >= 15 is 0 Å². The highest BCUT2D eigenvalue weighted by molar-refractivity contribution is 5.93. The van der Waals surface area contributed by atoms with Crippen molar-refractivity contribution in [3.63, 3.8) is 0 Å². The second kappa shape index (κ2) is 8.69. The molecule has 2 amide bonds. The third-order valence-corrected chi connectivity index (χ3v) is 6.13. The minimum atomic E-state index is -0.422. The van der Waals surface area contributed by atoms with Crippen LogP contribution >= 0.6 is 0 Å². The summed E-state index contributed by atoms with van der Waals surface area (Å²) >= 11 is 0. The van der Waals surface area contributed by atoms with Crippen LogP contribution in [-0.4, -0.2) is 37.2 Å². The fourth-order valence-corrected chi connectivity index (χ4v) is 4.85. The molecule has 154 valence electrons. The van der Waals surface area contributed by atoms with Gasteiger partial charge in [0.25, 0.3) is 0 Å². The summed E-state index contributed by atoms with van der Waals surface area (Å²) in [6.07, 6.45) is 7.32. The molecule has 4 atom stereocenters. The van der Waals surface area contributed by atoms with Crippen molar-refractivity contribution in [2.45, 2.75) is 56.8 Å². The Hall–Kier alpha value is -2.80. The smallest absolute Gasteiger partial charge is 0.337 e. The van der Waals surface area contributed by atoms with Crippen LogP contribution in [0.1, 0.15) is 48.2 Å². The molecule has 2 unspecified atom stereocenters. The molecule has 2 saturated heterocycles. The standard InChI is InChI=1S/C22H27N3O4/c1-28-21(26)15-5-2-6-16(11-15)23-22(27)24-17-12-18-7-3-8-19(13-17)25(18)14-20-9-4-10-29-20/h2,4-6,9-11,17-19H,3,7-8,12-14H2,1H3,(H2,23,24,27)/p+1/t17?,18-,19+. The average Bonchev–Trinajstić information content (AvgIpc) is 3.21. The topological polar surface area (TPSA) is 85.0 Å². The SMILES string of the molecule is COC(=O)c1cccc(NC(=O)NC2C[C@H]3CCC[C@@H](C2)[NH+]3Cc2ccco2)c1. The van der Waals surface area contributed by atoms with Gasteiger partial charge in [0.1, 0.15) is 6.54 Å². The number of benzene rings is 1. The molecule has 0 saturated carbocycles. The number of hydrogen-bond donors (Lipinski definition) is 3. The summed E-state index contributed by atoms with van der Waals surface area (Å²) in [6.45, 7) is 0.918. The van der Waals surface area contributed by atoms with E-state index in [1.807, 2.05) is 12.1 Å². The van der Waals surface area contributed by atoms with Crippen LogP contribution in [0.15, 0.2) is 47.1 Å². The van der Waals surface area contributed by atoms with Gasteiger partial charge >= 0.3 is 12.0 Å². The molecule has 2 aromatic rings. The van der Waals surface area contributed by atoms with Gasteiger partial charge < -0.3 is 24.7 Å². The van der Waals surface area contributed by atoms with Gasteiger partial charge in [0.15, 0.2) is 5.76 Å². The van der Waals surface area contributed by atoms with E-state index in [2.05, 4.69) is 10.6 Å². The second-order valence-electron chi connectivity index (χ2n) is 7.99. The fraction of sp³-hybridized carbons (Fsp3) is 0.455. The van der Waals surface area contributed by atoms with Crippen molar-refractivity contribution in [1.29, 1.82) is 0 Å². The monoisotopic (exact) mass is 398 g/mol. The number of esters is 1. The zero-order valence-electron chi connectivity index (χ0n) is 16.6. The number of amides is 2. The lowest BCUT2D eigenvalue weighted by molar-refractivity contribution is -0.974. The Labute approximate surface area is 170 Å². The molecule has 1 aromatic heterocycles. The lowest BCUT2D eigenvalue weighted by Gasteiger charge is -2.45. The molecule has 7 heteroatoms. The average molecular weight is 398 g/mol. The number of carbonyl (C=O) groups excluding carboxylic acids is 2. The summed E-state index contributed by atoms with van der Waals surface area (Å²) in [5, 5.41) is 5.98. The number of quaternary nitrogens is 1. The normalized spacial score (nSPS) is 25.8. The summed E-state index contributed by atoms with van der Waals surface area (Å²) in [5.41, 5.74) is 0.987. The Morgan fingerprint density at radius 3 is 2.66 bits per heavy atom. The van der Waals surface area contributed by atoms with Gasteiger partial charge in [-0.2, -0.15) is 0 Å². The molecule has 2 bridgehead atoms. The maximum absolute atomic E-state index is 12.5. The van der Waals surface area contributed by atoms with E-state index in [1.54, 1.807) is 35.4 Å². The largest absolute Gasteiger partial charge is 0.465 e.